The van der Waals surface area contributed by atoms with Crippen molar-refractivity contribution in [3.63, 3.8) is 0 Å². The Labute approximate surface area is 99.6 Å². The highest BCUT2D eigenvalue weighted by atomic mass is 32.1. The first kappa shape index (κ1) is 11.4. The molecule has 1 fully saturated rings. The van der Waals surface area contributed by atoms with Crippen LogP contribution in [0.3, 0.4) is 0 Å². The van der Waals surface area contributed by atoms with Crippen LogP contribution in [-0.4, -0.2) is 19.0 Å². The van der Waals surface area contributed by atoms with Crippen LogP contribution in [-0.2, 0) is 0 Å². The summed E-state index contributed by atoms with van der Waals surface area (Å²) in [5, 5.41) is 9.95. The summed E-state index contributed by atoms with van der Waals surface area (Å²) in [5.41, 5.74) is 1.58. The van der Waals surface area contributed by atoms with Crippen molar-refractivity contribution in [3.05, 3.63) is 34.7 Å². The van der Waals surface area contributed by atoms with E-state index in [9.17, 15) is 4.79 Å². The van der Waals surface area contributed by atoms with E-state index in [0.29, 0.717) is 5.92 Å². The zero-order chi connectivity index (χ0) is 11.4. The Morgan fingerprint density at radius 1 is 1.50 bits per heavy atom. The average Bonchev–Trinajstić information content (AvgIpc) is 2.83. The number of thiophene rings is 1. The van der Waals surface area contributed by atoms with Gasteiger partial charge in [0, 0.05) is 17.0 Å². The molecule has 3 nitrogen and oxygen atoms in total. The zero-order valence-electron chi connectivity index (χ0n) is 9.16. The van der Waals surface area contributed by atoms with Crippen molar-refractivity contribution >= 4 is 17.2 Å². The van der Waals surface area contributed by atoms with Gasteiger partial charge in [-0.2, -0.15) is 11.3 Å². The van der Waals surface area contributed by atoms with E-state index in [0.717, 1.165) is 37.2 Å². The molecule has 0 saturated carbocycles. The molecule has 86 valence electrons. The maximum atomic E-state index is 11.8. The van der Waals surface area contributed by atoms with Gasteiger partial charge >= 0.3 is 0 Å². The molecular formula is C12H16N2OS. The Kier molecular flexibility index (Phi) is 3.74. The van der Waals surface area contributed by atoms with Gasteiger partial charge in [0.25, 0.3) is 5.91 Å². The molecule has 0 atom stereocenters. The van der Waals surface area contributed by atoms with Crippen LogP contribution in [0.25, 0.3) is 0 Å². The fraction of sp³-hybridized carbons (Fsp3) is 0.417. The molecule has 0 radical (unpaired) electrons. The molecule has 0 aliphatic carbocycles. The number of carbonyl (C=O) groups excluding carboxylic acids is 1. The van der Waals surface area contributed by atoms with Crippen LogP contribution in [0.1, 0.15) is 23.2 Å². The molecule has 2 rings (SSSR count). The standard InChI is InChI=1S/C12H16N2OS/c1-9(10-2-5-13-6-3-10)14-12(15)11-4-7-16-8-11/h4,7-8,10,13H,1-3,5-6H2,(H,14,15). The Hall–Kier alpha value is -1.13. The van der Waals surface area contributed by atoms with Crippen LogP contribution < -0.4 is 10.6 Å². The topological polar surface area (TPSA) is 41.1 Å². The smallest absolute Gasteiger partial charge is 0.256 e. The summed E-state index contributed by atoms with van der Waals surface area (Å²) in [6.45, 7) is 6.00. The molecule has 1 aliphatic rings. The first-order valence-electron chi connectivity index (χ1n) is 5.50. The number of hydrogen-bond donors (Lipinski definition) is 2. The number of piperidine rings is 1. The summed E-state index contributed by atoms with van der Waals surface area (Å²) in [5.74, 6) is 0.383. The van der Waals surface area contributed by atoms with Crippen molar-refractivity contribution < 1.29 is 4.79 Å². The lowest BCUT2D eigenvalue weighted by Gasteiger charge is -2.24. The van der Waals surface area contributed by atoms with Crippen LogP contribution in [0.2, 0.25) is 0 Å². The third-order valence-electron chi connectivity index (χ3n) is 2.89. The third-order valence-corrected chi connectivity index (χ3v) is 3.57. The molecule has 2 heterocycles. The van der Waals surface area contributed by atoms with Gasteiger partial charge in [-0.25, -0.2) is 0 Å². The number of rotatable bonds is 3. The summed E-state index contributed by atoms with van der Waals surface area (Å²) >= 11 is 1.53. The van der Waals surface area contributed by atoms with Crippen molar-refractivity contribution in [2.45, 2.75) is 12.8 Å². The van der Waals surface area contributed by atoms with E-state index in [-0.39, 0.29) is 5.91 Å². The van der Waals surface area contributed by atoms with Gasteiger partial charge in [-0.15, -0.1) is 0 Å². The molecule has 16 heavy (non-hydrogen) atoms. The first-order valence-corrected chi connectivity index (χ1v) is 6.44. The van der Waals surface area contributed by atoms with E-state index in [1.165, 1.54) is 11.3 Å². The van der Waals surface area contributed by atoms with Crippen molar-refractivity contribution in [1.82, 2.24) is 10.6 Å². The third kappa shape index (κ3) is 2.71. The predicted octanol–water partition coefficient (Wildman–Crippen LogP) is 1.99. The van der Waals surface area contributed by atoms with Gasteiger partial charge < -0.3 is 10.6 Å². The number of carbonyl (C=O) groups is 1. The van der Waals surface area contributed by atoms with E-state index < -0.39 is 0 Å². The fourth-order valence-corrected chi connectivity index (χ4v) is 2.52. The minimum atomic E-state index is -0.0372. The van der Waals surface area contributed by atoms with Gasteiger partial charge in [-0.05, 0) is 37.4 Å². The van der Waals surface area contributed by atoms with Crippen LogP contribution in [0, 0.1) is 5.92 Å². The van der Waals surface area contributed by atoms with E-state index in [4.69, 9.17) is 0 Å². The quantitative estimate of drug-likeness (QED) is 0.842. The van der Waals surface area contributed by atoms with Gasteiger partial charge in [0.1, 0.15) is 0 Å². The number of nitrogens with one attached hydrogen (secondary N) is 2. The summed E-state index contributed by atoms with van der Waals surface area (Å²) in [7, 11) is 0. The molecule has 1 amide bonds. The lowest BCUT2D eigenvalue weighted by Crippen LogP contribution is -2.33. The van der Waals surface area contributed by atoms with Crippen molar-refractivity contribution in [2.75, 3.05) is 13.1 Å². The fourth-order valence-electron chi connectivity index (χ4n) is 1.88. The van der Waals surface area contributed by atoms with Crippen molar-refractivity contribution in [2.24, 2.45) is 5.92 Å². The second kappa shape index (κ2) is 5.27. The van der Waals surface area contributed by atoms with Gasteiger partial charge in [-0.3, -0.25) is 4.79 Å². The molecule has 0 bridgehead atoms. The number of allylic oxidation sites excluding steroid dienone is 1. The Morgan fingerprint density at radius 3 is 2.88 bits per heavy atom. The molecule has 4 heteroatoms. The number of amides is 1. The Balaban J connectivity index is 1.89. The Morgan fingerprint density at radius 2 is 2.25 bits per heavy atom. The normalized spacial score (nSPS) is 17.0. The minimum absolute atomic E-state index is 0.0372. The van der Waals surface area contributed by atoms with E-state index >= 15 is 0 Å². The average molecular weight is 236 g/mol. The summed E-state index contributed by atoms with van der Waals surface area (Å²) in [6, 6.07) is 1.83. The summed E-state index contributed by atoms with van der Waals surface area (Å²) in [6.07, 6.45) is 2.12. The second-order valence-electron chi connectivity index (χ2n) is 4.02. The van der Waals surface area contributed by atoms with Gasteiger partial charge in [0.15, 0.2) is 0 Å². The van der Waals surface area contributed by atoms with E-state index in [1.54, 1.807) is 0 Å². The first-order chi connectivity index (χ1) is 7.77. The van der Waals surface area contributed by atoms with Gasteiger partial charge in [0.2, 0.25) is 0 Å². The molecule has 2 N–H and O–H groups in total. The highest BCUT2D eigenvalue weighted by molar-refractivity contribution is 7.08. The number of hydrogen-bond acceptors (Lipinski definition) is 3. The Bertz CT molecular complexity index is 366. The highest BCUT2D eigenvalue weighted by Gasteiger charge is 2.18. The zero-order valence-corrected chi connectivity index (χ0v) is 9.98. The molecule has 1 aromatic rings. The highest BCUT2D eigenvalue weighted by Crippen LogP contribution is 2.18. The van der Waals surface area contributed by atoms with Gasteiger partial charge in [-0.1, -0.05) is 6.58 Å². The van der Waals surface area contributed by atoms with Gasteiger partial charge in [0.05, 0.1) is 5.56 Å². The van der Waals surface area contributed by atoms with Crippen LogP contribution in [0.15, 0.2) is 29.1 Å². The summed E-state index contributed by atoms with van der Waals surface area (Å²) in [4.78, 5) is 11.8. The molecule has 0 unspecified atom stereocenters. The van der Waals surface area contributed by atoms with E-state index in [2.05, 4.69) is 17.2 Å². The SMILES string of the molecule is C=C(NC(=O)c1ccsc1)C1CCNCC1. The monoisotopic (exact) mass is 236 g/mol. The summed E-state index contributed by atoms with van der Waals surface area (Å²) < 4.78 is 0. The van der Waals surface area contributed by atoms with Crippen molar-refractivity contribution in [3.8, 4) is 0 Å². The van der Waals surface area contributed by atoms with Crippen LogP contribution in [0.4, 0.5) is 0 Å². The molecule has 0 spiro atoms. The van der Waals surface area contributed by atoms with Crippen molar-refractivity contribution in [1.29, 1.82) is 0 Å². The molecule has 1 aliphatic heterocycles. The van der Waals surface area contributed by atoms with Crippen LogP contribution >= 0.6 is 11.3 Å². The van der Waals surface area contributed by atoms with Crippen LogP contribution in [0.5, 0.6) is 0 Å². The molecular weight excluding hydrogens is 220 g/mol. The molecule has 1 aromatic heterocycles. The predicted molar refractivity (Wildman–Crippen MR) is 66.5 cm³/mol. The lowest BCUT2D eigenvalue weighted by atomic mass is 9.95. The maximum absolute atomic E-state index is 11.8. The molecule has 1 saturated heterocycles. The maximum Gasteiger partial charge on any atom is 0.256 e. The molecule has 0 aromatic carbocycles. The second-order valence-corrected chi connectivity index (χ2v) is 4.80. The van der Waals surface area contributed by atoms with E-state index in [1.807, 2.05) is 16.8 Å². The lowest BCUT2D eigenvalue weighted by molar-refractivity contribution is 0.0960. The minimum Gasteiger partial charge on any atom is -0.326 e. The largest absolute Gasteiger partial charge is 0.326 e.